The molecule has 0 aliphatic carbocycles. The topological polar surface area (TPSA) is 63.6 Å². The number of carbonyl (C=O) groups is 1. The number of ketones is 1. The highest BCUT2D eigenvalue weighted by Crippen LogP contribution is 2.16. The third kappa shape index (κ3) is 6.80. The molecule has 21 heavy (non-hydrogen) atoms. The van der Waals surface area contributed by atoms with Gasteiger partial charge in [-0.1, -0.05) is 36.4 Å². The molecule has 1 N–H and O–H groups in total. The summed E-state index contributed by atoms with van der Waals surface area (Å²) in [4.78, 5) is 11.4. The lowest BCUT2D eigenvalue weighted by Crippen LogP contribution is -2.20. The van der Waals surface area contributed by atoms with Crippen LogP contribution in [-0.4, -0.2) is 25.9 Å². The minimum atomic E-state index is -1.92. The fraction of sp³-hybridized carbons (Fsp3) is 0.438. The van der Waals surface area contributed by atoms with Crippen molar-refractivity contribution in [1.82, 2.24) is 0 Å². The zero-order valence-corrected chi connectivity index (χ0v) is 13.4. The Bertz CT molecular complexity index is 510. The van der Waals surface area contributed by atoms with Crippen LogP contribution < -0.4 is 0 Å². The second-order valence-corrected chi connectivity index (χ2v) is 6.38. The van der Waals surface area contributed by atoms with E-state index >= 15 is 0 Å². The summed E-state index contributed by atoms with van der Waals surface area (Å²) in [7, 11) is 0. The van der Waals surface area contributed by atoms with E-state index < -0.39 is 16.3 Å². The fourth-order valence-electron chi connectivity index (χ4n) is 1.92. The fourth-order valence-corrected chi connectivity index (χ4v) is 2.25. The number of benzene rings is 1. The summed E-state index contributed by atoms with van der Waals surface area (Å²) < 4.78 is 25.9. The molecular weight excluding hydrogens is 288 g/mol. The molecule has 4 nitrogen and oxygen atoms in total. The largest absolute Gasteiger partial charge is 0.369 e. The van der Waals surface area contributed by atoms with Crippen molar-refractivity contribution in [3.63, 3.8) is 0 Å². The number of rotatable bonds is 8. The van der Waals surface area contributed by atoms with Crippen LogP contribution in [0.15, 0.2) is 42.0 Å². The van der Waals surface area contributed by atoms with E-state index in [0.717, 1.165) is 11.1 Å². The summed E-state index contributed by atoms with van der Waals surface area (Å²) in [5.41, 5.74) is 1.83. The Labute approximate surface area is 128 Å². The van der Waals surface area contributed by atoms with Crippen LogP contribution in [0.25, 0.3) is 0 Å². The van der Waals surface area contributed by atoms with E-state index in [1.54, 1.807) is 13.0 Å². The van der Waals surface area contributed by atoms with Gasteiger partial charge in [0.05, 0.1) is 18.0 Å². The molecule has 116 valence electrons. The molecule has 1 aromatic rings. The second-order valence-electron chi connectivity index (χ2n) is 5.08. The highest BCUT2D eigenvalue weighted by atomic mass is 32.2. The van der Waals surface area contributed by atoms with Gasteiger partial charge < -0.3 is 9.29 Å². The van der Waals surface area contributed by atoms with Gasteiger partial charge >= 0.3 is 0 Å². The molecule has 1 aromatic carbocycles. The molecule has 0 fully saturated rings. The first kappa shape index (κ1) is 17.8. The van der Waals surface area contributed by atoms with Crippen molar-refractivity contribution < 1.29 is 18.3 Å². The maximum atomic E-state index is 11.4. The van der Waals surface area contributed by atoms with Gasteiger partial charge in [0.1, 0.15) is 5.78 Å². The van der Waals surface area contributed by atoms with Crippen LogP contribution >= 0.6 is 0 Å². The Morgan fingerprint density at radius 2 is 1.95 bits per heavy atom. The van der Waals surface area contributed by atoms with Gasteiger partial charge in [0.25, 0.3) is 0 Å². The van der Waals surface area contributed by atoms with Crippen molar-refractivity contribution in [1.29, 1.82) is 0 Å². The van der Waals surface area contributed by atoms with Crippen molar-refractivity contribution >= 4 is 16.9 Å². The van der Waals surface area contributed by atoms with E-state index in [4.69, 9.17) is 9.29 Å². The van der Waals surface area contributed by atoms with Crippen molar-refractivity contribution in [3.05, 3.63) is 47.5 Å². The van der Waals surface area contributed by atoms with Gasteiger partial charge in [-0.15, -0.1) is 0 Å². The number of Topliss-reactive ketones (excluding diaryl/α,β-unsaturated/α-hetero) is 1. The molecule has 1 rings (SSSR count). The summed E-state index contributed by atoms with van der Waals surface area (Å²) in [5, 5.41) is -0.486. The molecule has 0 radical (unpaired) electrons. The number of hydrogen-bond donors (Lipinski definition) is 1. The first-order chi connectivity index (χ1) is 9.90. The average molecular weight is 310 g/mol. The molecule has 0 spiro atoms. The maximum absolute atomic E-state index is 11.4. The predicted octanol–water partition coefficient (Wildman–Crippen LogP) is 3.11. The summed E-state index contributed by atoms with van der Waals surface area (Å²) >= 11 is -1.92. The lowest BCUT2D eigenvalue weighted by molar-refractivity contribution is -0.119. The van der Waals surface area contributed by atoms with Gasteiger partial charge in [-0.05, 0) is 31.9 Å². The SMILES string of the molecule is CC(=O)C[C@H](OCc1ccccc1)/C(C)=C\[C@@H](C)S(=O)O. The third-order valence-corrected chi connectivity index (χ3v) is 3.86. The molecule has 3 atom stereocenters. The number of hydrogen-bond acceptors (Lipinski definition) is 3. The number of ether oxygens (including phenoxy) is 1. The van der Waals surface area contributed by atoms with Crippen molar-refractivity contribution in [3.8, 4) is 0 Å². The van der Waals surface area contributed by atoms with Crippen LogP contribution in [0.3, 0.4) is 0 Å². The zero-order valence-electron chi connectivity index (χ0n) is 12.6. The Kier molecular flexibility index (Phi) is 7.50. The van der Waals surface area contributed by atoms with Crippen LogP contribution in [0.5, 0.6) is 0 Å². The Balaban J connectivity index is 2.75. The lowest BCUT2D eigenvalue weighted by Gasteiger charge is -2.18. The van der Waals surface area contributed by atoms with Gasteiger partial charge in [0.15, 0.2) is 11.1 Å². The Hall–Kier alpha value is -1.30. The van der Waals surface area contributed by atoms with Crippen LogP contribution in [0.4, 0.5) is 0 Å². The maximum Gasteiger partial charge on any atom is 0.159 e. The normalized spacial score (nSPS) is 16.3. The molecule has 0 amide bonds. The van der Waals surface area contributed by atoms with Gasteiger partial charge in [0, 0.05) is 6.42 Å². The first-order valence-electron chi connectivity index (χ1n) is 6.83. The minimum Gasteiger partial charge on any atom is -0.369 e. The molecule has 5 heteroatoms. The third-order valence-electron chi connectivity index (χ3n) is 3.09. The van der Waals surface area contributed by atoms with E-state index in [9.17, 15) is 9.00 Å². The molecule has 0 heterocycles. The quantitative estimate of drug-likeness (QED) is 0.592. The highest BCUT2D eigenvalue weighted by Gasteiger charge is 2.16. The Morgan fingerprint density at radius 3 is 2.48 bits per heavy atom. The van der Waals surface area contributed by atoms with Gasteiger partial charge in [-0.25, -0.2) is 4.21 Å². The van der Waals surface area contributed by atoms with E-state index in [2.05, 4.69) is 0 Å². The van der Waals surface area contributed by atoms with Crippen LogP contribution in [0, 0.1) is 0 Å². The molecule has 0 saturated heterocycles. The van der Waals surface area contributed by atoms with E-state index in [1.807, 2.05) is 37.3 Å². The molecule has 0 aliphatic rings. The Morgan fingerprint density at radius 1 is 1.33 bits per heavy atom. The lowest BCUT2D eigenvalue weighted by atomic mass is 10.0. The van der Waals surface area contributed by atoms with E-state index in [1.165, 1.54) is 6.92 Å². The number of carbonyl (C=O) groups excluding carboxylic acids is 1. The van der Waals surface area contributed by atoms with E-state index in [-0.39, 0.29) is 18.3 Å². The summed E-state index contributed by atoms with van der Waals surface area (Å²) in [6.45, 7) is 5.39. The van der Waals surface area contributed by atoms with Crippen LogP contribution in [0.2, 0.25) is 0 Å². The first-order valence-corrected chi connectivity index (χ1v) is 8.00. The minimum absolute atomic E-state index is 0.0265. The smallest absolute Gasteiger partial charge is 0.159 e. The van der Waals surface area contributed by atoms with Gasteiger partial charge in [0.2, 0.25) is 0 Å². The van der Waals surface area contributed by atoms with E-state index in [0.29, 0.717) is 6.61 Å². The van der Waals surface area contributed by atoms with Crippen LogP contribution in [-0.2, 0) is 27.2 Å². The zero-order chi connectivity index (χ0) is 15.8. The van der Waals surface area contributed by atoms with Gasteiger partial charge in [-0.3, -0.25) is 4.79 Å². The van der Waals surface area contributed by atoms with Crippen LogP contribution in [0.1, 0.15) is 32.8 Å². The standard InChI is InChI=1S/C16H22O4S/c1-12(9-14(3)21(18)19)16(10-13(2)17)20-11-15-7-5-4-6-8-15/h4-9,14,16H,10-11H2,1-3H3,(H,18,19)/b12-9-/t14-,16+/m1/s1. The molecule has 0 aliphatic heterocycles. The van der Waals surface area contributed by atoms with Crippen molar-refractivity contribution in [2.45, 2.75) is 45.2 Å². The van der Waals surface area contributed by atoms with Crippen molar-refractivity contribution in [2.75, 3.05) is 0 Å². The predicted molar refractivity (Wildman–Crippen MR) is 84.3 cm³/mol. The summed E-state index contributed by atoms with van der Waals surface area (Å²) in [6, 6.07) is 9.70. The molecule has 0 bridgehead atoms. The average Bonchev–Trinajstić information content (AvgIpc) is 2.43. The summed E-state index contributed by atoms with van der Waals surface area (Å²) in [5.74, 6) is 0.0265. The molecule has 0 aromatic heterocycles. The monoisotopic (exact) mass is 310 g/mol. The second kappa shape index (κ2) is 8.87. The highest BCUT2D eigenvalue weighted by molar-refractivity contribution is 7.80. The summed E-state index contributed by atoms with van der Waals surface area (Å²) in [6.07, 6.45) is 1.59. The molecule has 0 saturated carbocycles. The molecule has 1 unspecified atom stereocenters. The molecular formula is C16H22O4S. The van der Waals surface area contributed by atoms with Gasteiger partial charge in [-0.2, -0.15) is 0 Å². The van der Waals surface area contributed by atoms with Crippen molar-refractivity contribution in [2.24, 2.45) is 0 Å².